The average Bonchev–Trinajstić information content (AvgIpc) is 3.41. The molecule has 4 rings (SSSR count). The molecular weight excluding hydrogens is 346 g/mol. The maximum atomic E-state index is 12.2. The summed E-state index contributed by atoms with van der Waals surface area (Å²) in [6.45, 7) is 5.11. The minimum Gasteiger partial charge on any atom is -0.461 e. The number of nitrogens with one attached hydrogen (secondary N) is 1. The van der Waals surface area contributed by atoms with Crippen LogP contribution in [-0.2, 0) is 0 Å². The van der Waals surface area contributed by atoms with Gasteiger partial charge in [-0.1, -0.05) is 11.2 Å². The van der Waals surface area contributed by atoms with Crippen LogP contribution >= 0.6 is 0 Å². The van der Waals surface area contributed by atoms with Crippen LogP contribution in [-0.4, -0.2) is 60.2 Å². The van der Waals surface area contributed by atoms with E-state index in [9.17, 15) is 4.79 Å². The Hall–Kier alpha value is -3.13. The third-order valence-electron chi connectivity index (χ3n) is 4.57. The number of anilines is 1. The average molecular weight is 367 g/mol. The first-order valence-electron chi connectivity index (χ1n) is 8.97. The standard InChI is InChI=1S/C19H21N5O3/c25-19(15-14-17(27-22-15)16-4-3-13-26-16)21-7-8-23-9-11-24(12-10-23)18-5-1-2-6-20-18/h1-6,13-14H,7-12H2,(H,21,25). The first-order chi connectivity index (χ1) is 13.3. The quantitative estimate of drug-likeness (QED) is 0.712. The molecule has 1 N–H and O–H groups in total. The topological polar surface area (TPSA) is 87.6 Å². The number of amides is 1. The Labute approximate surface area is 156 Å². The maximum absolute atomic E-state index is 12.2. The fourth-order valence-corrected chi connectivity index (χ4v) is 3.08. The lowest BCUT2D eigenvalue weighted by atomic mass is 10.3. The molecule has 0 aromatic carbocycles. The number of pyridine rings is 1. The van der Waals surface area contributed by atoms with Gasteiger partial charge < -0.3 is 19.2 Å². The predicted octanol–water partition coefficient (Wildman–Crippen LogP) is 1.88. The molecule has 0 radical (unpaired) electrons. The molecule has 140 valence electrons. The van der Waals surface area contributed by atoms with Crippen molar-refractivity contribution in [3.63, 3.8) is 0 Å². The van der Waals surface area contributed by atoms with Crippen LogP contribution in [0.5, 0.6) is 0 Å². The lowest BCUT2D eigenvalue weighted by Gasteiger charge is -2.35. The summed E-state index contributed by atoms with van der Waals surface area (Å²) in [7, 11) is 0. The fraction of sp³-hybridized carbons (Fsp3) is 0.316. The van der Waals surface area contributed by atoms with Gasteiger partial charge in [0.2, 0.25) is 5.76 Å². The molecule has 1 aliphatic heterocycles. The van der Waals surface area contributed by atoms with Crippen molar-refractivity contribution in [1.29, 1.82) is 0 Å². The monoisotopic (exact) mass is 367 g/mol. The Morgan fingerprint density at radius 2 is 2.00 bits per heavy atom. The SMILES string of the molecule is O=C(NCCN1CCN(c2ccccn2)CC1)c1cc(-c2ccco2)on1. The normalized spacial score (nSPS) is 15.0. The molecule has 0 saturated carbocycles. The molecule has 1 fully saturated rings. The number of hydrogen-bond donors (Lipinski definition) is 1. The van der Waals surface area contributed by atoms with Crippen molar-refractivity contribution in [2.45, 2.75) is 0 Å². The predicted molar refractivity (Wildman–Crippen MR) is 99.4 cm³/mol. The molecule has 8 nitrogen and oxygen atoms in total. The summed E-state index contributed by atoms with van der Waals surface area (Å²) in [5.41, 5.74) is 0.251. The summed E-state index contributed by atoms with van der Waals surface area (Å²) in [6.07, 6.45) is 3.36. The number of hydrogen-bond acceptors (Lipinski definition) is 7. The third-order valence-corrected chi connectivity index (χ3v) is 4.57. The summed E-state index contributed by atoms with van der Waals surface area (Å²) in [4.78, 5) is 21.2. The lowest BCUT2D eigenvalue weighted by molar-refractivity contribution is 0.0939. The highest BCUT2D eigenvalue weighted by Crippen LogP contribution is 2.20. The molecule has 4 heterocycles. The van der Waals surface area contributed by atoms with Crippen LogP contribution in [0.3, 0.4) is 0 Å². The molecule has 27 heavy (non-hydrogen) atoms. The molecule has 1 amide bonds. The highest BCUT2D eigenvalue weighted by Gasteiger charge is 2.18. The van der Waals surface area contributed by atoms with Crippen LogP contribution < -0.4 is 10.2 Å². The van der Waals surface area contributed by atoms with Crippen LogP contribution in [0.1, 0.15) is 10.5 Å². The lowest BCUT2D eigenvalue weighted by Crippen LogP contribution is -2.48. The summed E-state index contributed by atoms with van der Waals surface area (Å²) in [5.74, 6) is 1.76. The first-order valence-corrected chi connectivity index (χ1v) is 8.97. The van der Waals surface area contributed by atoms with Gasteiger partial charge in [-0.15, -0.1) is 0 Å². The number of carbonyl (C=O) groups excluding carboxylic acids is 1. The second-order valence-corrected chi connectivity index (χ2v) is 6.33. The molecule has 1 aliphatic rings. The molecule has 8 heteroatoms. The van der Waals surface area contributed by atoms with Gasteiger partial charge in [-0.3, -0.25) is 9.69 Å². The fourth-order valence-electron chi connectivity index (χ4n) is 3.08. The van der Waals surface area contributed by atoms with Gasteiger partial charge in [0.05, 0.1) is 6.26 Å². The van der Waals surface area contributed by atoms with Gasteiger partial charge in [0.15, 0.2) is 11.5 Å². The van der Waals surface area contributed by atoms with Crippen LogP contribution in [0, 0.1) is 0 Å². The number of carbonyl (C=O) groups is 1. The number of furan rings is 1. The minimum atomic E-state index is -0.247. The Bertz CT molecular complexity index is 855. The zero-order chi connectivity index (χ0) is 18.5. The number of aromatic nitrogens is 2. The Balaban J connectivity index is 1.21. The van der Waals surface area contributed by atoms with Crippen molar-refractivity contribution in [3.05, 3.63) is 54.6 Å². The van der Waals surface area contributed by atoms with Gasteiger partial charge >= 0.3 is 0 Å². The largest absolute Gasteiger partial charge is 0.461 e. The highest BCUT2D eigenvalue weighted by atomic mass is 16.5. The van der Waals surface area contributed by atoms with Gasteiger partial charge in [0.25, 0.3) is 5.91 Å². The Kier molecular flexibility index (Phi) is 5.15. The summed E-state index contributed by atoms with van der Waals surface area (Å²) in [5, 5.41) is 6.69. The van der Waals surface area contributed by atoms with E-state index in [-0.39, 0.29) is 11.6 Å². The molecule has 0 bridgehead atoms. The molecule has 1 saturated heterocycles. The molecule has 0 atom stereocenters. The van der Waals surface area contributed by atoms with E-state index in [1.54, 1.807) is 24.5 Å². The summed E-state index contributed by atoms with van der Waals surface area (Å²) < 4.78 is 10.4. The van der Waals surface area contributed by atoms with Crippen molar-refractivity contribution in [2.75, 3.05) is 44.2 Å². The Morgan fingerprint density at radius 3 is 2.74 bits per heavy atom. The van der Waals surface area contributed by atoms with E-state index in [2.05, 4.69) is 25.3 Å². The number of nitrogens with zero attached hydrogens (tertiary/aromatic N) is 4. The van der Waals surface area contributed by atoms with Crippen molar-refractivity contribution in [2.24, 2.45) is 0 Å². The first kappa shape index (κ1) is 17.3. The van der Waals surface area contributed by atoms with E-state index in [0.29, 0.717) is 18.1 Å². The number of piperazine rings is 1. The third kappa shape index (κ3) is 4.17. The highest BCUT2D eigenvalue weighted by molar-refractivity contribution is 5.92. The molecule has 0 aliphatic carbocycles. The van der Waals surface area contributed by atoms with Crippen LogP contribution in [0.4, 0.5) is 5.82 Å². The minimum absolute atomic E-state index is 0.247. The Morgan fingerprint density at radius 1 is 1.11 bits per heavy atom. The van der Waals surface area contributed by atoms with E-state index < -0.39 is 0 Å². The van der Waals surface area contributed by atoms with Gasteiger partial charge in [-0.25, -0.2) is 4.98 Å². The molecular formula is C19H21N5O3. The molecule has 0 unspecified atom stereocenters. The molecule has 0 spiro atoms. The smallest absolute Gasteiger partial charge is 0.273 e. The molecule has 3 aromatic heterocycles. The van der Waals surface area contributed by atoms with E-state index in [1.165, 1.54) is 0 Å². The van der Waals surface area contributed by atoms with Crippen LogP contribution in [0.2, 0.25) is 0 Å². The maximum Gasteiger partial charge on any atom is 0.273 e. The van der Waals surface area contributed by atoms with Crippen LogP contribution in [0.25, 0.3) is 11.5 Å². The molecule has 3 aromatic rings. The second kappa shape index (κ2) is 8.05. The van der Waals surface area contributed by atoms with Gasteiger partial charge in [-0.05, 0) is 24.3 Å². The van der Waals surface area contributed by atoms with Crippen molar-refractivity contribution in [3.8, 4) is 11.5 Å². The zero-order valence-electron chi connectivity index (χ0n) is 14.9. The summed E-state index contributed by atoms with van der Waals surface area (Å²) >= 11 is 0. The van der Waals surface area contributed by atoms with Gasteiger partial charge in [0.1, 0.15) is 5.82 Å². The van der Waals surface area contributed by atoms with E-state index in [4.69, 9.17) is 8.94 Å². The second-order valence-electron chi connectivity index (χ2n) is 6.33. The van der Waals surface area contributed by atoms with E-state index in [1.807, 2.05) is 24.4 Å². The van der Waals surface area contributed by atoms with E-state index in [0.717, 1.165) is 38.5 Å². The van der Waals surface area contributed by atoms with Gasteiger partial charge in [0, 0.05) is 51.5 Å². The number of rotatable bonds is 6. The van der Waals surface area contributed by atoms with Gasteiger partial charge in [-0.2, -0.15) is 0 Å². The zero-order valence-corrected chi connectivity index (χ0v) is 14.9. The van der Waals surface area contributed by atoms with E-state index >= 15 is 0 Å². The van der Waals surface area contributed by atoms with Crippen molar-refractivity contribution in [1.82, 2.24) is 20.4 Å². The summed E-state index contributed by atoms with van der Waals surface area (Å²) in [6, 6.07) is 11.1. The van der Waals surface area contributed by atoms with Crippen molar-refractivity contribution >= 4 is 11.7 Å². The van der Waals surface area contributed by atoms with Crippen molar-refractivity contribution < 1.29 is 13.7 Å². The van der Waals surface area contributed by atoms with Crippen LogP contribution in [0.15, 0.2) is 57.8 Å².